The van der Waals surface area contributed by atoms with Gasteiger partial charge in [-0.3, -0.25) is 0 Å². The molecule has 0 aliphatic carbocycles. The highest BCUT2D eigenvalue weighted by Gasteiger charge is 2.13. The average molecular weight is 451 g/mol. The quantitative estimate of drug-likeness (QED) is 0.432. The van der Waals surface area contributed by atoms with E-state index < -0.39 is 0 Å². The van der Waals surface area contributed by atoms with E-state index in [4.69, 9.17) is 4.74 Å². The topological polar surface area (TPSA) is 93.9 Å². The van der Waals surface area contributed by atoms with Gasteiger partial charge in [0.25, 0.3) is 0 Å². The van der Waals surface area contributed by atoms with E-state index in [1.54, 1.807) is 11.0 Å². The number of nitrogens with zero attached hydrogens (tertiary/aromatic N) is 7. The minimum absolute atomic E-state index is 0.726. The van der Waals surface area contributed by atoms with Crippen molar-refractivity contribution in [2.24, 2.45) is 0 Å². The molecule has 0 saturated carbocycles. The van der Waals surface area contributed by atoms with Gasteiger partial charge in [-0.1, -0.05) is 36.4 Å². The summed E-state index contributed by atoms with van der Waals surface area (Å²) in [7, 11) is 0. The first-order valence-electron chi connectivity index (χ1n) is 11.1. The van der Waals surface area contributed by atoms with Crippen molar-refractivity contribution in [1.82, 2.24) is 30.4 Å². The maximum absolute atomic E-state index is 5.45. The van der Waals surface area contributed by atoms with Gasteiger partial charge in [0.05, 0.1) is 18.9 Å². The molecule has 2 aromatic heterocycles. The number of benzene rings is 3. The molecule has 9 nitrogen and oxygen atoms in total. The monoisotopic (exact) mass is 450 g/mol. The number of anilines is 3. The van der Waals surface area contributed by atoms with E-state index >= 15 is 0 Å². The fourth-order valence-electron chi connectivity index (χ4n) is 4.17. The molecule has 0 unspecified atom stereocenters. The van der Waals surface area contributed by atoms with Gasteiger partial charge in [0.15, 0.2) is 5.82 Å². The van der Waals surface area contributed by atoms with Crippen LogP contribution in [-0.4, -0.2) is 56.7 Å². The van der Waals surface area contributed by atoms with Crippen LogP contribution < -0.4 is 10.2 Å². The fraction of sp³-hybridized carbons (Fsp3) is 0.160. The van der Waals surface area contributed by atoms with E-state index in [-0.39, 0.29) is 0 Å². The molecule has 6 rings (SSSR count). The Labute approximate surface area is 196 Å². The number of hydrogen-bond donors (Lipinski definition) is 1. The maximum atomic E-state index is 5.45. The Morgan fingerprint density at radius 3 is 2.24 bits per heavy atom. The molecule has 0 radical (unpaired) electrons. The highest BCUT2D eigenvalue weighted by atomic mass is 16.5. The van der Waals surface area contributed by atoms with E-state index in [2.05, 4.69) is 72.3 Å². The van der Waals surface area contributed by atoms with Crippen molar-refractivity contribution >= 4 is 28.0 Å². The molecule has 9 heteroatoms. The van der Waals surface area contributed by atoms with Crippen LogP contribution in [0, 0.1) is 0 Å². The van der Waals surface area contributed by atoms with Crippen molar-refractivity contribution < 1.29 is 4.74 Å². The van der Waals surface area contributed by atoms with Crippen molar-refractivity contribution in [3.8, 4) is 16.9 Å². The van der Waals surface area contributed by atoms with Crippen LogP contribution >= 0.6 is 0 Å². The molecular weight excluding hydrogens is 428 g/mol. The third-order valence-electron chi connectivity index (χ3n) is 5.95. The molecule has 0 spiro atoms. The Morgan fingerprint density at radius 2 is 1.50 bits per heavy atom. The lowest BCUT2D eigenvalue weighted by Gasteiger charge is -2.28. The Bertz CT molecular complexity index is 1400. The lowest BCUT2D eigenvalue weighted by atomic mass is 10.0. The van der Waals surface area contributed by atoms with Crippen molar-refractivity contribution in [2.45, 2.75) is 0 Å². The number of fused-ring (bicyclic) bond motifs is 1. The predicted molar refractivity (Wildman–Crippen MR) is 130 cm³/mol. The number of rotatable bonds is 5. The largest absolute Gasteiger partial charge is 0.378 e. The molecule has 1 fully saturated rings. The zero-order valence-electron chi connectivity index (χ0n) is 18.4. The summed E-state index contributed by atoms with van der Waals surface area (Å²) < 4.78 is 7.07. The van der Waals surface area contributed by atoms with Crippen molar-refractivity contribution in [3.05, 3.63) is 79.1 Å². The summed E-state index contributed by atoms with van der Waals surface area (Å²) in [5.41, 5.74) is 4.85. The SMILES string of the molecule is c1ccc2c(-c3ccc(-n4cnnn4)cc3)nnc(Nc3ccc(N4CCOCC4)cc3)c2c1. The number of ether oxygens (including phenoxy) is 1. The van der Waals surface area contributed by atoms with Gasteiger partial charge < -0.3 is 15.0 Å². The molecule has 1 aliphatic rings. The van der Waals surface area contributed by atoms with Crippen molar-refractivity contribution in [2.75, 3.05) is 36.5 Å². The summed E-state index contributed by atoms with van der Waals surface area (Å²) in [6.07, 6.45) is 1.57. The van der Waals surface area contributed by atoms with Crippen LogP contribution in [0.3, 0.4) is 0 Å². The van der Waals surface area contributed by atoms with Crippen molar-refractivity contribution in [3.63, 3.8) is 0 Å². The molecule has 168 valence electrons. The van der Waals surface area contributed by atoms with Crippen LogP contribution in [0.25, 0.3) is 27.7 Å². The molecule has 0 atom stereocenters. The second kappa shape index (κ2) is 8.87. The number of tetrazole rings is 1. The van der Waals surface area contributed by atoms with Crippen LogP contribution in [0.2, 0.25) is 0 Å². The lowest BCUT2D eigenvalue weighted by Crippen LogP contribution is -2.36. The third kappa shape index (κ3) is 3.93. The smallest absolute Gasteiger partial charge is 0.161 e. The maximum Gasteiger partial charge on any atom is 0.161 e. The fourth-order valence-corrected chi connectivity index (χ4v) is 4.17. The average Bonchev–Trinajstić information content (AvgIpc) is 3.45. The molecule has 1 aliphatic heterocycles. The number of aromatic nitrogens is 6. The summed E-state index contributed by atoms with van der Waals surface area (Å²) in [6.45, 7) is 3.38. The first kappa shape index (κ1) is 20.3. The van der Waals surface area contributed by atoms with Crippen LogP contribution in [0.5, 0.6) is 0 Å². The Hall–Kier alpha value is -4.37. The minimum Gasteiger partial charge on any atom is -0.378 e. The first-order valence-corrected chi connectivity index (χ1v) is 11.1. The van der Waals surface area contributed by atoms with Crippen LogP contribution in [-0.2, 0) is 4.74 Å². The molecular formula is C25H22N8O. The molecule has 1 N–H and O–H groups in total. The Kier molecular flexibility index (Phi) is 5.29. The standard InChI is InChI=1S/C25H22N8O/c1-2-4-23-22(3-1)24(18-5-9-21(10-6-18)33-17-26-30-31-33)28-29-25(23)27-19-7-11-20(12-8-19)32-13-15-34-16-14-32/h1-12,17H,13-16H2,(H,27,29). The summed E-state index contributed by atoms with van der Waals surface area (Å²) in [5, 5.41) is 25.9. The van der Waals surface area contributed by atoms with E-state index in [0.717, 1.165) is 65.5 Å². The minimum atomic E-state index is 0.726. The second-order valence-electron chi connectivity index (χ2n) is 8.02. The van der Waals surface area contributed by atoms with Gasteiger partial charge in [0, 0.05) is 40.8 Å². The third-order valence-corrected chi connectivity index (χ3v) is 5.95. The summed E-state index contributed by atoms with van der Waals surface area (Å²) >= 11 is 0. The normalized spacial score (nSPS) is 13.8. The Balaban J connectivity index is 1.29. The lowest BCUT2D eigenvalue weighted by molar-refractivity contribution is 0.122. The highest BCUT2D eigenvalue weighted by Crippen LogP contribution is 2.31. The van der Waals surface area contributed by atoms with Gasteiger partial charge in [0.2, 0.25) is 0 Å². The van der Waals surface area contributed by atoms with E-state index in [9.17, 15) is 0 Å². The number of nitrogens with one attached hydrogen (secondary N) is 1. The molecule has 3 heterocycles. The van der Waals surface area contributed by atoms with Gasteiger partial charge in [-0.15, -0.1) is 15.3 Å². The number of hydrogen-bond acceptors (Lipinski definition) is 8. The highest BCUT2D eigenvalue weighted by molar-refractivity contribution is 6.00. The van der Waals surface area contributed by atoms with E-state index in [1.165, 1.54) is 5.69 Å². The van der Waals surface area contributed by atoms with Gasteiger partial charge in [-0.2, -0.15) is 0 Å². The van der Waals surface area contributed by atoms with Crippen LogP contribution in [0.15, 0.2) is 79.1 Å². The zero-order chi connectivity index (χ0) is 22.7. The predicted octanol–water partition coefficient (Wildman–Crippen LogP) is 3.85. The van der Waals surface area contributed by atoms with Crippen LogP contribution in [0.4, 0.5) is 17.2 Å². The Morgan fingerprint density at radius 1 is 0.765 bits per heavy atom. The molecule has 1 saturated heterocycles. The second-order valence-corrected chi connectivity index (χ2v) is 8.02. The first-order chi connectivity index (χ1) is 16.8. The van der Waals surface area contributed by atoms with Gasteiger partial charge >= 0.3 is 0 Å². The summed E-state index contributed by atoms with van der Waals surface area (Å²) in [5.74, 6) is 0.726. The van der Waals surface area contributed by atoms with Gasteiger partial charge in [-0.05, 0) is 46.8 Å². The van der Waals surface area contributed by atoms with E-state index in [0.29, 0.717) is 0 Å². The number of morpholine rings is 1. The molecule has 3 aromatic carbocycles. The molecule has 34 heavy (non-hydrogen) atoms. The van der Waals surface area contributed by atoms with Gasteiger partial charge in [-0.25, -0.2) is 4.68 Å². The molecule has 0 bridgehead atoms. The molecule has 0 amide bonds. The van der Waals surface area contributed by atoms with Gasteiger partial charge in [0.1, 0.15) is 12.0 Å². The summed E-state index contributed by atoms with van der Waals surface area (Å²) in [4.78, 5) is 2.34. The summed E-state index contributed by atoms with van der Waals surface area (Å²) in [6, 6.07) is 24.5. The van der Waals surface area contributed by atoms with E-state index in [1.807, 2.05) is 36.4 Å². The zero-order valence-corrected chi connectivity index (χ0v) is 18.4. The van der Waals surface area contributed by atoms with Crippen molar-refractivity contribution in [1.29, 1.82) is 0 Å². The molecule has 5 aromatic rings. The van der Waals surface area contributed by atoms with Crippen LogP contribution in [0.1, 0.15) is 0 Å².